The molecular weight excluding hydrogens is 518 g/mol. The zero-order valence-electron chi connectivity index (χ0n) is 18.0. The number of pyridine rings is 1. The van der Waals surface area contributed by atoms with Crippen LogP contribution in [0.1, 0.15) is 34.7 Å². The van der Waals surface area contributed by atoms with Crippen molar-refractivity contribution in [1.29, 1.82) is 0 Å². The van der Waals surface area contributed by atoms with Gasteiger partial charge in [-0.3, -0.25) is 4.98 Å². The second kappa shape index (κ2) is 8.93. The molecule has 1 saturated heterocycles. The number of rotatable bonds is 4. The molecule has 2 aromatic carbocycles. The maximum Gasteiger partial charge on any atom is 0.174 e. The van der Waals surface area contributed by atoms with Crippen LogP contribution in [0.25, 0.3) is 11.3 Å². The van der Waals surface area contributed by atoms with Crippen molar-refractivity contribution in [1.82, 2.24) is 10.3 Å². The van der Waals surface area contributed by atoms with E-state index in [1.54, 1.807) is 6.20 Å². The van der Waals surface area contributed by atoms with Crippen LogP contribution in [0.15, 0.2) is 81.8 Å². The number of hydrogen-bond donors (Lipinski definition) is 1. The molecule has 33 heavy (non-hydrogen) atoms. The highest BCUT2D eigenvalue weighted by Crippen LogP contribution is 2.43. The highest BCUT2D eigenvalue weighted by molar-refractivity contribution is 9.10. The topological polar surface area (TPSA) is 41.3 Å². The van der Waals surface area contributed by atoms with Gasteiger partial charge in [0.2, 0.25) is 0 Å². The molecule has 0 aliphatic carbocycles. The highest BCUT2D eigenvalue weighted by atomic mass is 79.9. The second-order valence-electron chi connectivity index (χ2n) is 8.10. The predicted molar refractivity (Wildman–Crippen MR) is 141 cm³/mol. The number of hydrogen-bond acceptors (Lipinski definition) is 3. The quantitative estimate of drug-likeness (QED) is 0.272. The van der Waals surface area contributed by atoms with Crippen LogP contribution in [0, 0.1) is 13.8 Å². The van der Waals surface area contributed by atoms with Gasteiger partial charge in [-0.1, -0.05) is 45.7 Å². The molecule has 7 heteroatoms. The van der Waals surface area contributed by atoms with Crippen molar-refractivity contribution in [2.75, 3.05) is 4.90 Å². The van der Waals surface area contributed by atoms with Crippen molar-refractivity contribution >= 4 is 50.5 Å². The molecule has 1 N–H and O–H groups in total. The molecule has 5 rings (SSSR count). The number of nitrogens with one attached hydrogen (secondary N) is 1. The van der Waals surface area contributed by atoms with Crippen molar-refractivity contribution in [3.05, 3.63) is 105 Å². The van der Waals surface area contributed by atoms with Crippen LogP contribution in [0.5, 0.6) is 0 Å². The lowest BCUT2D eigenvalue weighted by Gasteiger charge is -2.26. The van der Waals surface area contributed by atoms with Crippen LogP contribution in [0.3, 0.4) is 0 Å². The minimum absolute atomic E-state index is 0.164. The molecule has 0 bridgehead atoms. The Hall–Kier alpha value is -2.67. The summed E-state index contributed by atoms with van der Waals surface area (Å²) >= 11 is 15.8. The molecule has 4 aromatic rings. The Morgan fingerprint density at radius 3 is 2.61 bits per heavy atom. The van der Waals surface area contributed by atoms with E-state index in [9.17, 15) is 0 Å². The van der Waals surface area contributed by atoms with E-state index in [-0.39, 0.29) is 12.1 Å². The molecule has 2 aromatic heterocycles. The Morgan fingerprint density at radius 1 is 1.03 bits per heavy atom. The van der Waals surface area contributed by atoms with E-state index in [4.69, 9.17) is 28.2 Å². The van der Waals surface area contributed by atoms with E-state index in [1.807, 2.05) is 61.5 Å². The lowest BCUT2D eigenvalue weighted by Crippen LogP contribution is -2.29. The van der Waals surface area contributed by atoms with Gasteiger partial charge in [0, 0.05) is 26.9 Å². The van der Waals surface area contributed by atoms with Crippen molar-refractivity contribution < 1.29 is 4.42 Å². The SMILES string of the molecule is Cc1ccc(-c2ccc([C@@H]3[C@@H](c4ccccn4)NC(=S)N3c3ccc(Br)c(C)c3)o2)cc1Cl. The average Bonchev–Trinajstić information content (AvgIpc) is 3.43. The fourth-order valence-corrected chi connectivity index (χ4v) is 4.89. The van der Waals surface area contributed by atoms with Crippen LogP contribution >= 0.6 is 39.7 Å². The van der Waals surface area contributed by atoms with Gasteiger partial charge in [0.15, 0.2) is 5.11 Å². The maximum absolute atomic E-state index is 6.42. The minimum atomic E-state index is -0.206. The summed E-state index contributed by atoms with van der Waals surface area (Å²) in [6, 6.07) is 21.7. The van der Waals surface area contributed by atoms with Gasteiger partial charge < -0.3 is 14.6 Å². The maximum atomic E-state index is 6.42. The van der Waals surface area contributed by atoms with E-state index in [0.29, 0.717) is 10.1 Å². The first-order valence-corrected chi connectivity index (χ1v) is 12.1. The molecule has 4 nitrogen and oxygen atoms in total. The monoisotopic (exact) mass is 537 g/mol. The molecule has 0 radical (unpaired) electrons. The number of halogens is 2. The smallest absolute Gasteiger partial charge is 0.174 e. The van der Waals surface area contributed by atoms with E-state index in [1.165, 1.54) is 0 Å². The number of thiocarbonyl (C=S) groups is 1. The van der Waals surface area contributed by atoms with Crippen LogP contribution in [0.4, 0.5) is 5.69 Å². The normalized spacial score (nSPS) is 17.9. The van der Waals surface area contributed by atoms with E-state index < -0.39 is 0 Å². The van der Waals surface area contributed by atoms with Gasteiger partial charge in [-0.25, -0.2) is 0 Å². The molecular formula is C26H21BrClN3OS. The van der Waals surface area contributed by atoms with Gasteiger partial charge in [-0.15, -0.1) is 0 Å². The van der Waals surface area contributed by atoms with Crippen LogP contribution in [0.2, 0.25) is 5.02 Å². The third-order valence-corrected chi connectivity index (χ3v) is 7.50. The number of aryl methyl sites for hydroxylation is 2. The molecule has 1 aliphatic heterocycles. The van der Waals surface area contributed by atoms with E-state index >= 15 is 0 Å². The van der Waals surface area contributed by atoms with Crippen molar-refractivity contribution in [2.45, 2.75) is 25.9 Å². The molecule has 1 aliphatic rings. The van der Waals surface area contributed by atoms with E-state index in [2.05, 4.69) is 50.2 Å². The van der Waals surface area contributed by atoms with Gasteiger partial charge in [0.05, 0.1) is 11.7 Å². The minimum Gasteiger partial charge on any atom is -0.459 e. The van der Waals surface area contributed by atoms with Crippen molar-refractivity contribution in [3.63, 3.8) is 0 Å². The zero-order valence-corrected chi connectivity index (χ0v) is 21.2. The first-order chi connectivity index (χ1) is 15.9. The van der Waals surface area contributed by atoms with E-state index in [0.717, 1.165) is 44.1 Å². The summed E-state index contributed by atoms with van der Waals surface area (Å²) in [5.41, 5.74) is 4.99. The Balaban J connectivity index is 1.61. The van der Waals surface area contributed by atoms with Gasteiger partial charge in [0.25, 0.3) is 0 Å². The summed E-state index contributed by atoms with van der Waals surface area (Å²) in [5.74, 6) is 1.56. The molecule has 0 saturated carbocycles. The van der Waals surface area contributed by atoms with Crippen molar-refractivity contribution in [3.8, 4) is 11.3 Å². The van der Waals surface area contributed by atoms with Crippen LogP contribution in [-0.2, 0) is 0 Å². The average molecular weight is 539 g/mol. The first kappa shape index (κ1) is 22.1. The van der Waals surface area contributed by atoms with Gasteiger partial charge in [-0.05, 0) is 85.7 Å². The predicted octanol–water partition coefficient (Wildman–Crippen LogP) is 7.55. The number of benzene rings is 2. The third kappa shape index (κ3) is 4.19. The lowest BCUT2D eigenvalue weighted by molar-refractivity contribution is 0.439. The Morgan fingerprint density at radius 2 is 1.88 bits per heavy atom. The Bertz CT molecular complexity index is 1340. The summed E-state index contributed by atoms with van der Waals surface area (Å²) in [6.45, 7) is 4.05. The van der Waals surface area contributed by atoms with Crippen LogP contribution in [-0.4, -0.2) is 10.1 Å². The standard InChI is InChI=1S/C26H21BrClN3OS/c1-15-6-7-17(14-20(15)28)22-10-11-23(32-22)25-24(21-5-3-4-12-29-21)30-26(33)31(25)18-8-9-19(27)16(2)13-18/h3-14,24-25H,1-2H3,(H,30,33)/t24-,25-/m1/s1. The fourth-order valence-electron chi connectivity index (χ4n) is 4.11. The fraction of sp³-hybridized carbons (Fsp3) is 0.154. The summed E-state index contributed by atoms with van der Waals surface area (Å²) in [7, 11) is 0. The molecule has 0 unspecified atom stereocenters. The van der Waals surface area contributed by atoms with Gasteiger partial charge in [0.1, 0.15) is 17.6 Å². The Kier molecular flexibility index (Phi) is 5.99. The molecule has 166 valence electrons. The number of furan rings is 1. The second-order valence-corrected chi connectivity index (χ2v) is 9.74. The highest BCUT2D eigenvalue weighted by Gasteiger charge is 2.42. The Labute approximate surface area is 211 Å². The zero-order chi connectivity index (χ0) is 23.1. The summed E-state index contributed by atoms with van der Waals surface area (Å²) in [4.78, 5) is 6.71. The van der Waals surface area contributed by atoms with Crippen molar-refractivity contribution in [2.24, 2.45) is 0 Å². The summed E-state index contributed by atoms with van der Waals surface area (Å²) in [5, 5.41) is 4.82. The van der Waals surface area contributed by atoms with Gasteiger partial charge >= 0.3 is 0 Å². The molecule has 0 amide bonds. The molecule has 1 fully saturated rings. The number of aromatic nitrogens is 1. The number of nitrogens with zero attached hydrogens (tertiary/aromatic N) is 2. The largest absolute Gasteiger partial charge is 0.459 e. The lowest BCUT2D eigenvalue weighted by atomic mass is 10.0. The number of anilines is 1. The third-order valence-electron chi connectivity index (χ3n) is 5.89. The van der Waals surface area contributed by atoms with Gasteiger partial charge in [-0.2, -0.15) is 0 Å². The molecule has 2 atom stereocenters. The first-order valence-electron chi connectivity index (χ1n) is 10.6. The summed E-state index contributed by atoms with van der Waals surface area (Å²) < 4.78 is 7.47. The summed E-state index contributed by atoms with van der Waals surface area (Å²) in [6.07, 6.45) is 1.80. The molecule has 3 heterocycles. The molecule has 0 spiro atoms. The van der Waals surface area contributed by atoms with Crippen LogP contribution < -0.4 is 10.2 Å².